The lowest BCUT2D eigenvalue weighted by molar-refractivity contribution is -0.142. The van der Waals surface area contributed by atoms with Crippen LogP contribution in [0.4, 0.5) is 4.79 Å². The van der Waals surface area contributed by atoms with Crippen molar-refractivity contribution in [1.29, 1.82) is 0 Å². The Balaban J connectivity index is 4.68. The minimum absolute atomic E-state index is 0.105. The molecule has 3 amide bonds. The van der Waals surface area contributed by atoms with Gasteiger partial charge in [0.05, 0.1) is 0 Å². The highest BCUT2D eigenvalue weighted by molar-refractivity contribution is 5.89. The molecule has 0 bridgehead atoms. The Bertz CT molecular complexity index is 332. The first-order chi connectivity index (χ1) is 8.77. The van der Waals surface area contributed by atoms with Crippen molar-refractivity contribution in [2.45, 2.75) is 38.8 Å². The fourth-order valence-corrected chi connectivity index (χ4v) is 1.53. The van der Waals surface area contributed by atoms with Crippen LogP contribution in [0.1, 0.15) is 26.7 Å². The number of hydrogen-bond acceptors (Lipinski definition) is 4. The van der Waals surface area contributed by atoms with E-state index in [1.165, 1.54) is 0 Å². The van der Waals surface area contributed by atoms with Gasteiger partial charge in [0.25, 0.3) is 0 Å². The quantitative estimate of drug-likeness (QED) is 0.387. The maximum absolute atomic E-state index is 11.9. The van der Waals surface area contributed by atoms with Gasteiger partial charge in [-0.05, 0) is 12.3 Å². The maximum atomic E-state index is 11.9. The molecule has 19 heavy (non-hydrogen) atoms. The molecule has 0 fully saturated rings. The van der Waals surface area contributed by atoms with Crippen molar-refractivity contribution in [1.82, 2.24) is 10.6 Å². The van der Waals surface area contributed by atoms with E-state index in [-0.39, 0.29) is 18.9 Å². The summed E-state index contributed by atoms with van der Waals surface area (Å²) in [6.07, 6.45) is 0.228. The SMILES string of the molecule is CC(C)CC(NC(N)=O)C(=O)N[C@H](CCO)C(=O)O. The molecule has 0 rings (SSSR count). The van der Waals surface area contributed by atoms with E-state index in [1.54, 1.807) is 0 Å². The predicted molar refractivity (Wildman–Crippen MR) is 67.2 cm³/mol. The number of carboxylic acid groups (broad SMARTS) is 1. The number of carbonyl (C=O) groups excluding carboxylic acids is 2. The van der Waals surface area contributed by atoms with Crippen LogP contribution in [-0.4, -0.2) is 46.8 Å². The molecule has 1 unspecified atom stereocenters. The zero-order valence-electron chi connectivity index (χ0n) is 11.0. The van der Waals surface area contributed by atoms with Gasteiger partial charge in [-0.2, -0.15) is 0 Å². The first kappa shape index (κ1) is 17.2. The van der Waals surface area contributed by atoms with Crippen LogP contribution in [0.3, 0.4) is 0 Å². The van der Waals surface area contributed by atoms with Crippen molar-refractivity contribution in [3.05, 3.63) is 0 Å². The number of nitrogens with one attached hydrogen (secondary N) is 2. The van der Waals surface area contributed by atoms with Crippen LogP contribution < -0.4 is 16.4 Å². The minimum atomic E-state index is -1.25. The summed E-state index contributed by atoms with van der Waals surface area (Å²) in [4.78, 5) is 33.5. The summed E-state index contributed by atoms with van der Waals surface area (Å²) >= 11 is 0. The third-order valence-corrected chi connectivity index (χ3v) is 2.37. The fraction of sp³-hybridized carbons (Fsp3) is 0.727. The maximum Gasteiger partial charge on any atom is 0.326 e. The van der Waals surface area contributed by atoms with E-state index in [2.05, 4.69) is 10.6 Å². The summed E-state index contributed by atoms with van der Waals surface area (Å²) in [6.45, 7) is 3.34. The van der Waals surface area contributed by atoms with Crippen LogP contribution in [0.2, 0.25) is 0 Å². The van der Waals surface area contributed by atoms with Gasteiger partial charge >= 0.3 is 12.0 Å². The molecule has 0 radical (unpaired) electrons. The number of hydrogen-bond donors (Lipinski definition) is 5. The zero-order valence-corrected chi connectivity index (χ0v) is 11.0. The lowest BCUT2D eigenvalue weighted by Crippen LogP contribution is -2.53. The van der Waals surface area contributed by atoms with Crippen LogP contribution in [0, 0.1) is 5.92 Å². The van der Waals surface area contributed by atoms with Gasteiger partial charge in [0.1, 0.15) is 12.1 Å². The van der Waals surface area contributed by atoms with E-state index >= 15 is 0 Å². The molecule has 0 heterocycles. The molecule has 6 N–H and O–H groups in total. The second-order valence-electron chi connectivity index (χ2n) is 4.60. The molecule has 8 heteroatoms. The third-order valence-electron chi connectivity index (χ3n) is 2.37. The number of aliphatic hydroxyl groups is 1. The summed E-state index contributed by atoms with van der Waals surface area (Å²) < 4.78 is 0. The van der Waals surface area contributed by atoms with E-state index in [1.807, 2.05) is 13.8 Å². The highest BCUT2D eigenvalue weighted by atomic mass is 16.4. The van der Waals surface area contributed by atoms with Gasteiger partial charge < -0.3 is 26.6 Å². The van der Waals surface area contributed by atoms with Gasteiger partial charge in [-0.25, -0.2) is 9.59 Å². The Morgan fingerprint density at radius 1 is 1.16 bits per heavy atom. The Morgan fingerprint density at radius 3 is 2.11 bits per heavy atom. The number of primary amides is 1. The smallest absolute Gasteiger partial charge is 0.326 e. The van der Waals surface area contributed by atoms with Crippen LogP contribution in [-0.2, 0) is 9.59 Å². The Hall–Kier alpha value is -1.83. The number of aliphatic carboxylic acids is 1. The number of aliphatic hydroxyl groups excluding tert-OH is 1. The van der Waals surface area contributed by atoms with Gasteiger partial charge in [-0.15, -0.1) is 0 Å². The third kappa shape index (κ3) is 7.24. The first-order valence-electron chi connectivity index (χ1n) is 5.98. The standard InChI is InChI=1S/C11H21N3O5/c1-6(2)5-8(14-11(12)19)9(16)13-7(3-4-15)10(17)18/h6-8,15H,3-5H2,1-2H3,(H,13,16)(H,17,18)(H3,12,14,19)/t7-,8?/m1/s1. The number of carboxylic acids is 1. The van der Waals surface area contributed by atoms with Crippen LogP contribution in [0.15, 0.2) is 0 Å². The summed E-state index contributed by atoms with van der Waals surface area (Å²) in [7, 11) is 0. The fourth-order valence-electron chi connectivity index (χ4n) is 1.53. The van der Waals surface area contributed by atoms with Gasteiger partial charge in [0.2, 0.25) is 5.91 Å². The molecule has 0 aromatic rings. The van der Waals surface area contributed by atoms with Crippen molar-refractivity contribution < 1.29 is 24.6 Å². The summed E-state index contributed by atoms with van der Waals surface area (Å²) in [5.41, 5.74) is 4.97. The highest BCUT2D eigenvalue weighted by Crippen LogP contribution is 2.05. The average molecular weight is 275 g/mol. The molecule has 0 saturated heterocycles. The van der Waals surface area contributed by atoms with E-state index in [0.29, 0.717) is 6.42 Å². The number of nitrogens with two attached hydrogens (primary N) is 1. The second-order valence-corrected chi connectivity index (χ2v) is 4.60. The van der Waals surface area contributed by atoms with Crippen LogP contribution >= 0.6 is 0 Å². The molecule has 0 aliphatic rings. The van der Waals surface area contributed by atoms with Crippen LogP contribution in [0.25, 0.3) is 0 Å². The molecule has 0 aliphatic carbocycles. The molecule has 0 aromatic heterocycles. The zero-order chi connectivity index (χ0) is 15.0. The van der Waals surface area contributed by atoms with Gasteiger partial charge in [0.15, 0.2) is 0 Å². The monoisotopic (exact) mass is 275 g/mol. The molecular weight excluding hydrogens is 254 g/mol. The normalized spacial score (nSPS) is 13.7. The topological polar surface area (TPSA) is 142 Å². The largest absolute Gasteiger partial charge is 0.480 e. The number of rotatable bonds is 8. The molecule has 0 spiro atoms. The van der Waals surface area contributed by atoms with Crippen molar-refractivity contribution in [2.24, 2.45) is 11.7 Å². The summed E-state index contributed by atoms with van der Waals surface area (Å²) in [5, 5.41) is 22.1. The number of carbonyl (C=O) groups is 3. The lowest BCUT2D eigenvalue weighted by Gasteiger charge is -2.21. The van der Waals surface area contributed by atoms with Crippen LogP contribution in [0.5, 0.6) is 0 Å². The highest BCUT2D eigenvalue weighted by Gasteiger charge is 2.26. The minimum Gasteiger partial charge on any atom is -0.480 e. The molecule has 110 valence electrons. The summed E-state index contributed by atoms with van der Waals surface area (Å²) in [6, 6.07) is -2.94. The number of amides is 3. The molecule has 0 aliphatic heterocycles. The Labute approximate surface area is 111 Å². The van der Waals surface area contributed by atoms with E-state index in [4.69, 9.17) is 15.9 Å². The lowest BCUT2D eigenvalue weighted by atomic mass is 10.0. The first-order valence-corrected chi connectivity index (χ1v) is 5.98. The van der Waals surface area contributed by atoms with Gasteiger partial charge in [0, 0.05) is 13.0 Å². The molecular formula is C11H21N3O5. The van der Waals surface area contributed by atoms with Crippen molar-refractivity contribution in [2.75, 3.05) is 6.61 Å². The predicted octanol–water partition coefficient (Wildman–Crippen LogP) is -0.979. The number of urea groups is 1. The van der Waals surface area contributed by atoms with E-state index < -0.39 is 30.0 Å². The molecule has 0 saturated carbocycles. The van der Waals surface area contributed by atoms with Gasteiger partial charge in [-0.3, -0.25) is 4.79 Å². The molecule has 8 nitrogen and oxygen atoms in total. The molecule has 2 atom stereocenters. The Kier molecular flexibility index (Phi) is 7.50. The average Bonchev–Trinajstić information content (AvgIpc) is 2.25. The van der Waals surface area contributed by atoms with Crippen molar-refractivity contribution in [3.63, 3.8) is 0 Å². The van der Waals surface area contributed by atoms with E-state index in [9.17, 15) is 14.4 Å². The second kappa shape index (κ2) is 8.30. The van der Waals surface area contributed by atoms with Crippen molar-refractivity contribution >= 4 is 17.9 Å². The molecule has 0 aromatic carbocycles. The summed E-state index contributed by atoms with van der Waals surface area (Å²) in [5.74, 6) is -1.76. The Morgan fingerprint density at radius 2 is 1.74 bits per heavy atom. The van der Waals surface area contributed by atoms with Crippen molar-refractivity contribution in [3.8, 4) is 0 Å². The van der Waals surface area contributed by atoms with E-state index in [0.717, 1.165) is 0 Å². The van der Waals surface area contributed by atoms with Gasteiger partial charge in [-0.1, -0.05) is 13.8 Å².